The fourth-order valence-corrected chi connectivity index (χ4v) is 2.56. The van der Waals surface area contributed by atoms with E-state index in [0.717, 1.165) is 17.0 Å². The topological polar surface area (TPSA) is 111 Å². The van der Waals surface area contributed by atoms with Crippen molar-refractivity contribution in [1.29, 1.82) is 0 Å². The quantitative estimate of drug-likeness (QED) is 0.411. The molecule has 136 valence electrons. The average Bonchev–Trinajstić information content (AvgIpc) is 2.68. The van der Waals surface area contributed by atoms with Crippen LogP contribution in [0.25, 0.3) is 10.8 Å². The predicted molar refractivity (Wildman–Crippen MR) is 102 cm³/mol. The van der Waals surface area contributed by atoms with Crippen LogP contribution in [0, 0.1) is 0 Å². The number of carbonyl (C=O) groups excluding carboxylic acids is 2. The fourth-order valence-electron chi connectivity index (χ4n) is 2.56. The number of nitrogens with zero attached hydrogens (tertiary/aromatic N) is 1. The van der Waals surface area contributed by atoms with Crippen LogP contribution in [0.2, 0.25) is 0 Å². The van der Waals surface area contributed by atoms with E-state index in [0.29, 0.717) is 5.56 Å². The second-order valence-corrected chi connectivity index (χ2v) is 5.71. The molecule has 3 aromatic rings. The van der Waals surface area contributed by atoms with Crippen molar-refractivity contribution in [2.75, 3.05) is 6.54 Å². The van der Waals surface area contributed by atoms with E-state index in [-0.39, 0.29) is 29.5 Å². The van der Waals surface area contributed by atoms with Gasteiger partial charge in [-0.3, -0.25) is 9.59 Å². The minimum atomic E-state index is -0.547. The highest BCUT2D eigenvalue weighted by Gasteiger charge is 2.11. The van der Waals surface area contributed by atoms with Crippen molar-refractivity contribution < 1.29 is 19.8 Å². The number of carbonyl (C=O) groups is 2. The van der Waals surface area contributed by atoms with Gasteiger partial charge in [-0.05, 0) is 29.0 Å². The second kappa shape index (κ2) is 8.01. The lowest BCUT2D eigenvalue weighted by Crippen LogP contribution is -2.35. The number of fused-ring (bicyclic) bond motifs is 1. The van der Waals surface area contributed by atoms with Crippen molar-refractivity contribution in [3.05, 3.63) is 71.8 Å². The molecular weight excluding hydrogens is 346 g/mol. The number of benzene rings is 3. The van der Waals surface area contributed by atoms with Gasteiger partial charge in [-0.2, -0.15) is 5.10 Å². The summed E-state index contributed by atoms with van der Waals surface area (Å²) in [5.41, 5.74) is 2.78. The number of rotatable bonds is 5. The Morgan fingerprint density at radius 3 is 2.37 bits per heavy atom. The van der Waals surface area contributed by atoms with Crippen LogP contribution in [0.5, 0.6) is 11.5 Å². The smallest absolute Gasteiger partial charge is 0.259 e. The molecule has 7 heteroatoms. The van der Waals surface area contributed by atoms with E-state index in [4.69, 9.17) is 0 Å². The summed E-state index contributed by atoms with van der Waals surface area (Å²) in [5.74, 6) is -1.26. The highest BCUT2D eigenvalue weighted by Crippen LogP contribution is 2.23. The van der Waals surface area contributed by atoms with Gasteiger partial charge in [0.05, 0.1) is 18.3 Å². The van der Waals surface area contributed by atoms with E-state index in [1.807, 2.05) is 30.3 Å². The molecule has 0 radical (unpaired) electrons. The molecule has 27 heavy (non-hydrogen) atoms. The van der Waals surface area contributed by atoms with Gasteiger partial charge in [-0.25, -0.2) is 5.43 Å². The van der Waals surface area contributed by atoms with Crippen molar-refractivity contribution >= 4 is 28.8 Å². The van der Waals surface area contributed by atoms with Crippen molar-refractivity contribution in [2.24, 2.45) is 5.10 Å². The van der Waals surface area contributed by atoms with E-state index in [9.17, 15) is 19.8 Å². The summed E-state index contributed by atoms with van der Waals surface area (Å²) in [7, 11) is 0. The largest absolute Gasteiger partial charge is 0.507 e. The molecule has 3 aromatic carbocycles. The molecule has 0 aliphatic carbocycles. The average molecular weight is 363 g/mol. The number of phenolic OH excluding ortho intramolecular Hbond substituents is 2. The number of hydrogen-bond acceptors (Lipinski definition) is 5. The van der Waals surface area contributed by atoms with Gasteiger partial charge in [-0.1, -0.05) is 42.5 Å². The molecule has 2 amide bonds. The van der Waals surface area contributed by atoms with Crippen LogP contribution in [-0.4, -0.2) is 34.8 Å². The zero-order valence-electron chi connectivity index (χ0n) is 14.2. The van der Waals surface area contributed by atoms with Gasteiger partial charge in [0, 0.05) is 5.56 Å². The molecule has 0 saturated heterocycles. The fraction of sp³-hybridized carbons (Fsp3) is 0.0500. The van der Waals surface area contributed by atoms with Crippen LogP contribution in [0.1, 0.15) is 15.9 Å². The molecule has 0 aliphatic heterocycles. The van der Waals surface area contributed by atoms with Gasteiger partial charge in [0.1, 0.15) is 11.5 Å². The van der Waals surface area contributed by atoms with Crippen LogP contribution in [0.15, 0.2) is 65.8 Å². The Bertz CT molecular complexity index is 1010. The molecule has 0 spiro atoms. The first-order chi connectivity index (χ1) is 13.1. The molecule has 7 nitrogen and oxygen atoms in total. The first-order valence-electron chi connectivity index (χ1n) is 8.15. The summed E-state index contributed by atoms with van der Waals surface area (Å²) in [4.78, 5) is 24.2. The molecule has 0 aliphatic rings. The SMILES string of the molecule is O=C(CNC(=O)c1cccc2ccccc12)NN=Cc1c(O)cccc1O. The molecule has 0 atom stereocenters. The number of hydrogen-bond donors (Lipinski definition) is 4. The summed E-state index contributed by atoms with van der Waals surface area (Å²) in [6.45, 7) is -0.272. The number of nitrogens with one attached hydrogen (secondary N) is 2. The Kier molecular flexibility index (Phi) is 5.32. The molecule has 3 rings (SSSR count). The third-order valence-corrected chi connectivity index (χ3v) is 3.89. The normalized spacial score (nSPS) is 10.8. The summed E-state index contributed by atoms with van der Waals surface area (Å²) in [6, 6.07) is 17.1. The summed E-state index contributed by atoms with van der Waals surface area (Å²) < 4.78 is 0. The minimum Gasteiger partial charge on any atom is -0.507 e. The van der Waals surface area contributed by atoms with Crippen molar-refractivity contribution in [3.63, 3.8) is 0 Å². The van der Waals surface area contributed by atoms with E-state index in [1.165, 1.54) is 18.2 Å². The number of amides is 2. The van der Waals surface area contributed by atoms with Crippen molar-refractivity contribution in [3.8, 4) is 11.5 Å². The maximum absolute atomic E-state index is 12.4. The van der Waals surface area contributed by atoms with E-state index in [1.54, 1.807) is 12.1 Å². The van der Waals surface area contributed by atoms with Gasteiger partial charge < -0.3 is 15.5 Å². The third kappa shape index (κ3) is 4.21. The Morgan fingerprint density at radius 2 is 1.59 bits per heavy atom. The molecule has 0 aromatic heterocycles. The molecule has 0 heterocycles. The van der Waals surface area contributed by atoms with E-state index in [2.05, 4.69) is 15.8 Å². The van der Waals surface area contributed by atoms with E-state index < -0.39 is 5.91 Å². The minimum absolute atomic E-state index is 0.0811. The van der Waals surface area contributed by atoms with Crippen molar-refractivity contribution in [2.45, 2.75) is 0 Å². The maximum atomic E-state index is 12.4. The zero-order valence-corrected chi connectivity index (χ0v) is 14.2. The molecule has 0 bridgehead atoms. The lowest BCUT2D eigenvalue weighted by Gasteiger charge is -2.07. The number of phenols is 2. The first kappa shape index (κ1) is 17.9. The van der Waals surface area contributed by atoms with Gasteiger partial charge in [0.15, 0.2) is 0 Å². The summed E-state index contributed by atoms with van der Waals surface area (Å²) >= 11 is 0. The second-order valence-electron chi connectivity index (χ2n) is 5.71. The number of aromatic hydroxyl groups is 2. The lowest BCUT2D eigenvalue weighted by atomic mass is 10.0. The predicted octanol–water partition coefficient (Wildman–Crippen LogP) is 2.13. The first-order valence-corrected chi connectivity index (χ1v) is 8.15. The summed E-state index contributed by atoms with van der Waals surface area (Å²) in [5, 5.41) is 27.2. The lowest BCUT2D eigenvalue weighted by molar-refractivity contribution is -0.120. The van der Waals surface area contributed by atoms with Gasteiger partial charge in [0.25, 0.3) is 11.8 Å². The maximum Gasteiger partial charge on any atom is 0.259 e. The molecule has 0 unspecified atom stereocenters. The molecule has 0 fully saturated rings. The van der Waals surface area contributed by atoms with Crippen LogP contribution < -0.4 is 10.7 Å². The Hall–Kier alpha value is -3.87. The Morgan fingerprint density at radius 1 is 0.926 bits per heavy atom. The number of hydrazone groups is 1. The molecule has 4 N–H and O–H groups in total. The molecule has 0 saturated carbocycles. The Labute approximate surface area is 155 Å². The van der Waals surface area contributed by atoms with E-state index >= 15 is 0 Å². The third-order valence-electron chi connectivity index (χ3n) is 3.89. The molecular formula is C20H17N3O4. The van der Waals surface area contributed by atoms with Crippen LogP contribution >= 0.6 is 0 Å². The van der Waals surface area contributed by atoms with Gasteiger partial charge >= 0.3 is 0 Å². The standard InChI is InChI=1S/C20H17N3O4/c24-17-9-4-10-18(25)16(17)11-22-23-19(26)12-21-20(27)15-8-3-6-13-5-1-2-7-14(13)15/h1-11,24-25H,12H2,(H,21,27)(H,23,26). The van der Waals surface area contributed by atoms with Crippen LogP contribution in [0.3, 0.4) is 0 Å². The van der Waals surface area contributed by atoms with Gasteiger partial charge in [0.2, 0.25) is 0 Å². The Balaban J connectivity index is 1.59. The van der Waals surface area contributed by atoms with Crippen LogP contribution in [0.4, 0.5) is 0 Å². The zero-order chi connectivity index (χ0) is 19.2. The highest BCUT2D eigenvalue weighted by molar-refractivity contribution is 6.07. The van der Waals surface area contributed by atoms with Crippen LogP contribution in [-0.2, 0) is 4.79 Å². The monoisotopic (exact) mass is 363 g/mol. The highest BCUT2D eigenvalue weighted by atomic mass is 16.3. The summed E-state index contributed by atoms with van der Waals surface area (Å²) in [6.07, 6.45) is 1.12. The van der Waals surface area contributed by atoms with Gasteiger partial charge in [-0.15, -0.1) is 0 Å². The van der Waals surface area contributed by atoms with Crippen molar-refractivity contribution in [1.82, 2.24) is 10.7 Å².